The number of hydrogen-bond donors (Lipinski definition) is 0. The first-order valence-corrected chi connectivity index (χ1v) is 19.4. The van der Waals surface area contributed by atoms with Gasteiger partial charge in [-0.25, -0.2) is 4.39 Å². The van der Waals surface area contributed by atoms with E-state index in [4.69, 9.17) is 0 Å². The molecule has 9 aromatic carbocycles. The number of rotatable bonds is 8. The Kier molecular flexibility index (Phi) is 8.65. The van der Waals surface area contributed by atoms with Crippen molar-refractivity contribution in [3.63, 3.8) is 0 Å². The van der Waals surface area contributed by atoms with E-state index in [0.717, 1.165) is 39.3 Å². The first kappa shape index (κ1) is 34.2. The smallest absolute Gasteiger partial charge is 0.123 e. The highest BCUT2D eigenvalue weighted by Crippen LogP contribution is 2.57. The predicted molar refractivity (Wildman–Crippen MR) is 235 cm³/mol. The lowest BCUT2D eigenvalue weighted by Crippen LogP contribution is -2.28. The summed E-state index contributed by atoms with van der Waals surface area (Å²) < 4.78 is 13.9. The summed E-state index contributed by atoms with van der Waals surface area (Å²) in [7, 11) is 0. The molecule has 1 aliphatic carbocycles. The Hall–Kier alpha value is -7.29. The van der Waals surface area contributed by atoms with E-state index >= 15 is 0 Å². The minimum absolute atomic E-state index is 0.235. The Morgan fingerprint density at radius 3 is 1.44 bits per heavy atom. The van der Waals surface area contributed by atoms with Crippen LogP contribution in [0, 0.1) is 5.82 Å². The zero-order chi connectivity index (χ0) is 38.2. The van der Waals surface area contributed by atoms with Crippen molar-refractivity contribution in [1.29, 1.82) is 0 Å². The molecule has 10 rings (SSSR count). The molecule has 9 aromatic rings. The molecule has 0 spiro atoms. The van der Waals surface area contributed by atoms with Crippen LogP contribution in [0.15, 0.2) is 231 Å². The Balaban J connectivity index is 1.21. The van der Waals surface area contributed by atoms with Crippen molar-refractivity contribution in [2.75, 3.05) is 4.90 Å². The zero-order valence-corrected chi connectivity index (χ0v) is 31.3. The van der Waals surface area contributed by atoms with Crippen molar-refractivity contribution in [3.05, 3.63) is 259 Å². The lowest BCUT2D eigenvalue weighted by molar-refractivity contribution is 0.628. The number of benzene rings is 9. The van der Waals surface area contributed by atoms with Crippen molar-refractivity contribution in [2.24, 2.45) is 0 Å². The number of nitrogens with zero attached hydrogens (tertiary/aromatic N) is 1. The summed E-state index contributed by atoms with van der Waals surface area (Å²) in [5.74, 6) is -0.235. The second-order valence-electron chi connectivity index (χ2n) is 14.6. The van der Waals surface area contributed by atoms with Gasteiger partial charge < -0.3 is 4.90 Å². The van der Waals surface area contributed by atoms with E-state index in [1.807, 2.05) is 12.1 Å². The maximum absolute atomic E-state index is 13.9. The molecule has 2 heteroatoms. The molecule has 0 N–H and O–H groups in total. The van der Waals surface area contributed by atoms with Crippen LogP contribution in [0.2, 0.25) is 0 Å². The van der Waals surface area contributed by atoms with Crippen molar-refractivity contribution in [2.45, 2.75) is 5.41 Å². The summed E-state index contributed by atoms with van der Waals surface area (Å²) in [6, 6.07) is 81.2. The third-order valence-corrected chi connectivity index (χ3v) is 11.5. The van der Waals surface area contributed by atoms with Gasteiger partial charge >= 0.3 is 0 Å². The van der Waals surface area contributed by atoms with Crippen LogP contribution >= 0.6 is 0 Å². The fourth-order valence-corrected chi connectivity index (χ4v) is 8.83. The van der Waals surface area contributed by atoms with E-state index in [0.29, 0.717) is 0 Å². The fraction of sp³-hybridized carbons (Fsp3) is 0.0182. The fourth-order valence-electron chi connectivity index (χ4n) is 8.83. The molecule has 0 aromatic heterocycles. The molecule has 57 heavy (non-hydrogen) atoms. The standard InChI is InChI=1S/C55H38FN/c56-46-32-26-41(27-33-46)40-24-30-45(31-25-40)55(44-18-8-3-9-19-44)52-22-12-10-21-50(52)51-37-36-48(38-53(51)55)57(47-34-28-42(29-35-47)39-14-4-1-5-15-39)54-23-13-11-20-49(54)43-16-6-2-7-17-43/h1-38H. The van der Waals surface area contributed by atoms with Crippen LogP contribution in [0.5, 0.6) is 0 Å². The van der Waals surface area contributed by atoms with Crippen molar-refractivity contribution < 1.29 is 4.39 Å². The van der Waals surface area contributed by atoms with Gasteiger partial charge in [0.25, 0.3) is 0 Å². The number of hydrogen-bond acceptors (Lipinski definition) is 1. The van der Waals surface area contributed by atoms with Gasteiger partial charge in [0.15, 0.2) is 0 Å². The van der Waals surface area contributed by atoms with Gasteiger partial charge in [0.05, 0.1) is 11.1 Å². The molecular weight excluding hydrogens is 694 g/mol. The first-order valence-electron chi connectivity index (χ1n) is 19.4. The lowest BCUT2D eigenvalue weighted by atomic mass is 9.67. The third-order valence-electron chi connectivity index (χ3n) is 11.5. The Morgan fingerprint density at radius 2 is 0.772 bits per heavy atom. The predicted octanol–water partition coefficient (Wildman–Crippen LogP) is 14.7. The molecular formula is C55H38FN. The van der Waals surface area contributed by atoms with Crippen LogP contribution in [-0.2, 0) is 5.41 Å². The van der Waals surface area contributed by atoms with Gasteiger partial charge in [0.1, 0.15) is 5.82 Å². The topological polar surface area (TPSA) is 3.24 Å². The molecule has 0 saturated heterocycles. The molecule has 0 saturated carbocycles. The van der Waals surface area contributed by atoms with E-state index in [1.54, 1.807) is 0 Å². The highest BCUT2D eigenvalue weighted by Gasteiger charge is 2.46. The lowest BCUT2D eigenvalue weighted by Gasteiger charge is -2.35. The van der Waals surface area contributed by atoms with Gasteiger partial charge in [-0.1, -0.05) is 188 Å². The molecule has 0 amide bonds. The minimum Gasteiger partial charge on any atom is -0.310 e. The van der Waals surface area contributed by atoms with Crippen LogP contribution in [0.4, 0.5) is 21.5 Å². The van der Waals surface area contributed by atoms with E-state index in [2.05, 4.69) is 211 Å². The molecule has 1 nitrogen and oxygen atoms in total. The summed E-state index contributed by atoms with van der Waals surface area (Å²) in [5.41, 5.74) is 16.6. The summed E-state index contributed by atoms with van der Waals surface area (Å²) in [6.45, 7) is 0. The highest BCUT2D eigenvalue weighted by molar-refractivity contribution is 5.92. The van der Waals surface area contributed by atoms with Gasteiger partial charge in [-0.05, 0) is 104 Å². The summed E-state index contributed by atoms with van der Waals surface area (Å²) >= 11 is 0. The molecule has 1 atom stereocenters. The maximum Gasteiger partial charge on any atom is 0.123 e. The average Bonchev–Trinajstić information content (AvgIpc) is 3.58. The molecule has 0 bridgehead atoms. The van der Waals surface area contributed by atoms with Crippen molar-refractivity contribution in [1.82, 2.24) is 0 Å². The molecule has 1 aliphatic rings. The van der Waals surface area contributed by atoms with E-state index in [9.17, 15) is 4.39 Å². The van der Waals surface area contributed by atoms with Gasteiger partial charge in [-0.3, -0.25) is 0 Å². The second-order valence-corrected chi connectivity index (χ2v) is 14.6. The largest absolute Gasteiger partial charge is 0.310 e. The average molecular weight is 732 g/mol. The van der Waals surface area contributed by atoms with Crippen LogP contribution in [0.1, 0.15) is 22.3 Å². The first-order chi connectivity index (χ1) is 28.2. The van der Waals surface area contributed by atoms with Crippen LogP contribution in [0.3, 0.4) is 0 Å². The molecule has 0 radical (unpaired) electrons. The Bertz CT molecular complexity index is 2810. The number of anilines is 3. The van der Waals surface area contributed by atoms with Crippen molar-refractivity contribution in [3.8, 4) is 44.5 Å². The van der Waals surface area contributed by atoms with E-state index in [1.165, 1.54) is 56.6 Å². The zero-order valence-electron chi connectivity index (χ0n) is 31.3. The summed E-state index contributed by atoms with van der Waals surface area (Å²) in [4.78, 5) is 2.41. The SMILES string of the molecule is Fc1ccc(-c2ccc(C3(c4ccccc4)c4ccccc4-c4ccc(N(c5ccc(-c6ccccc6)cc5)c5ccccc5-c5ccccc5)cc43)cc2)cc1. The normalized spacial score (nSPS) is 14.1. The minimum atomic E-state index is -0.605. The highest BCUT2D eigenvalue weighted by atomic mass is 19.1. The number of para-hydroxylation sites is 1. The van der Waals surface area contributed by atoms with Crippen LogP contribution < -0.4 is 4.90 Å². The van der Waals surface area contributed by atoms with Crippen LogP contribution in [-0.4, -0.2) is 0 Å². The molecule has 1 unspecified atom stereocenters. The maximum atomic E-state index is 13.9. The Morgan fingerprint density at radius 1 is 0.316 bits per heavy atom. The third kappa shape index (κ3) is 5.94. The molecule has 0 fully saturated rings. The van der Waals surface area contributed by atoms with Crippen molar-refractivity contribution >= 4 is 17.1 Å². The number of halogens is 1. The van der Waals surface area contributed by atoms with Gasteiger partial charge in [-0.2, -0.15) is 0 Å². The summed E-state index contributed by atoms with van der Waals surface area (Å²) in [6.07, 6.45) is 0. The van der Waals surface area contributed by atoms with E-state index < -0.39 is 5.41 Å². The summed E-state index contributed by atoms with van der Waals surface area (Å²) in [5, 5.41) is 0. The molecule has 270 valence electrons. The monoisotopic (exact) mass is 731 g/mol. The van der Waals surface area contributed by atoms with Gasteiger partial charge in [0.2, 0.25) is 0 Å². The van der Waals surface area contributed by atoms with Crippen LogP contribution in [0.25, 0.3) is 44.5 Å². The van der Waals surface area contributed by atoms with Gasteiger partial charge in [0, 0.05) is 16.9 Å². The second kappa shape index (κ2) is 14.4. The Labute approximate surface area is 333 Å². The van der Waals surface area contributed by atoms with Gasteiger partial charge in [-0.15, -0.1) is 0 Å². The molecule has 0 heterocycles. The van der Waals surface area contributed by atoms with E-state index in [-0.39, 0.29) is 5.82 Å². The number of fused-ring (bicyclic) bond motifs is 3. The molecule has 0 aliphatic heterocycles. The quantitative estimate of drug-likeness (QED) is 0.150.